The summed E-state index contributed by atoms with van der Waals surface area (Å²) in [6.45, 7) is 1.58. The molecule has 24 heavy (non-hydrogen) atoms. The number of anilines is 1. The van der Waals surface area contributed by atoms with Crippen LogP contribution in [-0.2, 0) is 16.0 Å². The number of carbonyl (C=O) groups excluding carboxylic acids is 1. The second kappa shape index (κ2) is 6.96. The highest BCUT2D eigenvalue weighted by molar-refractivity contribution is 7.14. The lowest BCUT2D eigenvalue weighted by Gasteiger charge is -2.19. The van der Waals surface area contributed by atoms with Crippen molar-refractivity contribution in [3.05, 3.63) is 41.0 Å². The number of thiazole rings is 1. The molecule has 0 atom stereocenters. The molecular formula is C17H17N3O2S2. The largest absolute Gasteiger partial charge is 0.381 e. The van der Waals surface area contributed by atoms with Crippen molar-refractivity contribution in [2.45, 2.75) is 25.2 Å². The molecule has 1 aliphatic heterocycles. The smallest absolute Gasteiger partial charge is 0.232 e. The monoisotopic (exact) mass is 359 g/mol. The van der Waals surface area contributed by atoms with Gasteiger partial charge in [0.25, 0.3) is 0 Å². The summed E-state index contributed by atoms with van der Waals surface area (Å²) >= 11 is 2.92. The van der Waals surface area contributed by atoms with Gasteiger partial charge in [-0.1, -0.05) is 18.2 Å². The number of rotatable bonds is 4. The third-order valence-electron chi connectivity index (χ3n) is 4.19. The van der Waals surface area contributed by atoms with Gasteiger partial charge in [0, 0.05) is 29.9 Å². The van der Waals surface area contributed by atoms with E-state index in [1.165, 1.54) is 22.9 Å². The van der Waals surface area contributed by atoms with Crippen molar-refractivity contribution in [1.29, 1.82) is 0 Å². The molecule has 3 aromatic rings. The first kappa shape index (κ1) is 15.7. The maximum atomic E-state index is 12.3. The Bertz CT molecular complexity index is 852. The predicted molar refractivity (Wildman–Crippen MR) is 96.9 cm³/mol. The van der Waals surface area contributed by atoms with E-state index in [4.69, 9.17) is 4.74 Å². The molecule has 4 rings (SSSR count). The van der Waals surface area contributed by atoms with E-state index >= 15 is 0 Å². The Labute approximate surface area is 147 Å². The SMILES string of the molecule is O=C(Cc1nsc2ccccc12)Nc1nc(C2CCOCC2)cs1. The van der Waals surface area contributed by atoms with E-state index in [9.17, 15) is 4.79 Å². The Morgan fingerprint density at radius 1 is 1.29 bits per heavy atom. The van der Waals surface area contributed by atoms with Crippen LogP contribution in [0.4, 0.5) is 5.13 Å². The van der Waals surface area contributed by atoms with Gasteiger partial charge in [-0.05, 0) is 30.4 Å². The zero-order chi connectivity index (χ0) is 16.4. The van der Waals surface area contributed by atoms with E-state index in [0.29, 0.717) is 11.0 Å². The number of fused-ring (bicyclic) bond motifs is 1. The van der Waals surface area contributed by atoms with Gasteiger partial charge in [-0.15, -0.1) is 11.3 Å². The Kier molecular flexibility index (Phi) is 4.55. The molecule has 1 N–H and O–H groups in total. The number of amides is 1. The molecule has 0 radical (unpaired) electrons. The minimum atomic E-state index is -0.0704. The Morgan fingerprint density at radius 2 is 2.12 bits per heavy atom. The molecule has 0 spiro atoms. The summed E-state index contributed by atoms with van der Waals surface area (Å²) in [6, 6.07) is 7.99. The summed E-state index contributed by atoms with van der Waals surface area (Å²) in [7, 11) is 0. The molecule has 2 aromatic heterocycles. The second-order valence-electron chi connectivity index (χ2n) is 5.81. The Morgan fingerprint density at radius 3 is 3.00 bits per heavy atom. The Balaban J connectivity index is 1.42. The predicted octanol–water partition coefficient (Wildman–Crippen LogP) is 3.83. The number of nitrogens with zero attached hydrogens (tertiary/aromatic N) is 2. The lowest BCUT2D eigenvalue weighted by Crippen LogP contribution is -2.16. The standard InChI is InChI=1S/C17H17N3O2S2/c21-16(9-13-12-3-1-2-4-15(12)24-20-13)19-17-18-14(10-23-17)11-5-7-22-8-6-11/h1-4,10-11H,5-9H2,(H,18,19,21). The van der Waals surface area contributed by atoms with Crippen molar-refractivity contribution in [2.24, 2.45) is 0 Å². The van der Waals surface area contributed by atoms with Crippen LogP contribution in [0, 0.1) is 0 Å². The zero-order valence-electron chi connectivity index (χ0n) is 13.0. The highest BCUT2D eigenvalue weighted by Crippen LogP contribution is 2.29. The third-order valence-corrected chi connectivity index (χ3v) is 5.83. The van der Waals surface area contributed by atoms with E-state index in [1.54, 1.807) is 0 Å². The first-order chi connectivity index (χ1) is 11.8. The summed E-state index contributed by atoms with van der Waals surface area (Å²) in [5.41, 5.74) is 1.90. The van der Waals surface area contributed by atoms with E-state index in [0.717, 1.165) is 47.5 Å². The lowest BCUT2D eigenvalue weighted by molar-refractivity contribution is -0.115. The summed E-state index contributed by atoms with van der Waals surface area (Å²) in [6.07, 6.45) is 2.28. The average molecular weight is 359 g/mol. The van der Waals surface area contributed by atoms with E-state index in [2.05, 4.69) is 14.7 Å². The number of aromatic nitrogens is 2. The van der Waals surface area contributed by atoms with Gasteiger partial charge in [0.15, 0.2) is 5.13 Å². The number of nitrogens with one attached hydrogen (secondary N) is 1. The molecule has 1 saturated heterocycles. The van der Waals surface area contributed by atoms with Crippen LogP contribution < -0.4 is 5.32 Å². The van der Waals surface area contributed by atoms with Crippen molar-refractivity contribution in [3.63, 3.8) is 0 Å². The fraction of sp³-hybridized carbons (Fsp3) is 0.353. The van der Waals surface area contributed by atoms with Crippen LogP contribution in [0.2, 0.25) is 0 Å². The van der Waals surface area contributed by atoms with Crippen molar-refractivity contribution in [2.75, 3.05) is 18.5 Å². The first-order valence-electron chi connectivity index (χ1n) is 7.96. The fourth-order valence-electron chi connectivity index (χ4n) is 2.91. The summed E-state index contributed by atoms with van der Waals surface area (Å²) in [4.78, 5) is 16.9. The molecule has 1 aromatic carbocycles. The van der Waals surface area contributed by atoms with E-state index in [-0.39, 0.29) is 12.3 Å². The van der Waals surface area contributed by atoms with Gasteiger partial charge < -0.3 is 10.1 Å². The topological polar surface area (TPSA) is 64.1 Å². The minimum absolute atomic E-state index is 0.0704. The van der Waals surface area contributed by atoms with Crippen LogP contribution in [-0.4, -0.2) is 28.5 Å². The second-order valence-corrected chi connectivity index (χ2v) is 7.48. The molecule has 0 aliphatic carbocycles. The third kappa shape index (κ3) is 3.33. The Hall–Kier alpha value is -1.83. The van der Waals surface area contributed by atoms with Crippen molar-refractivity contribution >= 4 is 44.0 Å². The van der Waals surface area contributed by atoms with Crippen molar-refractivity contribution < 1.29 is 9.53 Å². The van der Waals surface area contributed by atoms with Crippen LogP contribution in [0.1, 0.15) is 30.1 Å². The van der Waals surface area contributed by atoms with Gasteiger partial charge in [0.05, 0.1) is 22.5 Å². The van der Waals surface area contributed by atoms with Gasteiger partial charge in [0.1, 0.15) is 0 Å². The lowest BCUT2D eigenvalue weighted by atomic mass is 9.98. The van der Waals surface area contributed by atoms with Crippen LogP contribution >= 0.6 is 22.9 Å². The molecule has 0 saturated carbocycles. The van der Waals surface area contributed by atoms with Crippen LogP contribution in [0.15, 0.2) is 29.6 Å². The molecule has 1 fully saturated rings. The molecule has 124 valence electrons. The highest BCUT2D eigenvalue weighted by atomic mass is 32.1. The maximum Gasteiger partial charge on any atom is 0.232 e. The van der Waals surface area contributed by atoms with E-state index < -0.39 is 0 Å². The molecule has 1 aliphatic rings. The molecule has 0 bridgehead atoms. The number of carbonyl (C=O) groups is 1. The van der Waals surface area contributed by atoms with Crippen molar-refractivity contribution in [3.8, 4) is 0 Å². The summed E-state index contributed by atoms with van der Waals surface area (Å²) in [5, 5.41) is 6.67. The number of benzene rings is 1. The summed E-state index contributed by atoms with van der Waals surface area (Å²) in [5.74, 6) is 0.377. The first-order valence-corrected chi connectivity index (χ1v) is 9.61. The van der Waals surface area contributed by atoms with Gasteiger partial charge >= 0.3 is 0 Å². The fourth-order valence-corrected chi connectivity index (χ4v) is 4.51. The summed E-state index contributed by atoms with van der Waals surface area (Å²) < 4.78 is 10.9. The quantitative estimate of drug-likeness (QED) is 0.769. The van der Waals surface area contributed by atoms with Gasteiger partial charge in [-0.3, -0.25) is 4.79 Å². The number of hydrogen-bond donors (Lipinski definition) is 1. The normalized spacial score (nSPS) is 15.7. The van der Waals surface area contributed by atoms with Crippen LogP contribution in [0.5, 0.6) is 0 Å². The van der Waals surface area contributed by atoms with Crippen molar-refractivity contribution in [1.82, 2.24) is 9.36 Å². The highest BCUT2D eigenvalue weighted by Gasteiger charge is 2.19. The molecule has 3 heterocycles. The molecule has 1 amide bonds. The number of ether oxygens (including phenoxy) is 1. The zero-order valence-corrected chi connectivity index (χ0v) is 14.7. The van der Waals surface area contributed by atoms with Crippen LogP contribution in [0.25, 0.3) is 10.1 Å². The minimum Gasteiger partial charge on any atom is -0.381 e. The average Bonchev–Trinajstić information content (AvgIpc) is 3.23. The maximum absolute atomic E-state index is 12.3. The molecule has 5 nitrogen and oxygen atoms in total. The van der Waals surface area contributed by atoms with E-state index in [1.807, 2.05) is 29.6 Å². The molecule has 0 unspecified atom stereocenters. The van der Waals surface area contributed by atoms with Crippen LogP contribution in [0.3, 0.4) is 0 Å². The van der Waals surface area contributed by atoms with Gasteiger partial charge in [0.2, 0.25) is 5.91 Å². The van der Waals surface area contributed by atoms with Gasteiger partial charge in [-0.2, -0.15) is 4.37 Å². The van der Waals surface area contributed by atoms with Gasteiger partial charge in [-0.25, -0.2) is 4.98 Å². The number of hydrogen-bond acceptors (Lipinski definition) is 6. The molecule has 7 heteroatoms. The molecular weight excluding hydrogens is 342 g/mol.